The average molecular weight is 218 g/mol. The Morgan fingerprint density at radius 3 is 2.64 bits per heavy atom. The van der Waals surface area contributed by atoms with Gasteiger partial charge in [-0.05, 0) is 35.9 Å². The molecule has 0 aliphatic carbocycles. The van der Waals surface area contributed by atoms with Crippen molar-refractivity contribution in [2.45, 2.75) is 25.5 Å². The lowest BCUT2D eigenvalue weighted by Crippen LogP contribution is -2.45. The number of dihydropyridines is 1. The molecule has 62 valence electrons. The van der Waals surface area contributed by atoms with E-state index in [-0.39, 0.29) is 6.04 Å². The number of rotatable bonds is 1. The van der Waals surface area contributed by atoms with Gasteiger partial charge in [-0.2, -0.15) is 0 Å². The maximum absolute atomic E-state index is 9.60. The number of nitrogens with one attached hydrogen (secondary N) is 1. The van der Waals surface area contributed by atoms with Crippen molar-refractivity contribution in [3.8, 4) is 0 Å². The minimum absolute atomic E-state index is 0.0122. The third-order valence-electron chi connectivity index (χ3n) is 1.60. The Hall–Kier alpha value is -0.280. The second-order valence-corrected chi connectivity index (χ2v) is 4.03. The molecule has 0 saturated carbocycles. The standard InChI is InChI=1S/C8H12BrNO/c1-8(2,11)6-4-3-5-7(9)10-6/h3-6,10-11H,1-2H3. The molecule has 0 fully saturated rings. The molecule has 0 saturated heterocycles. The number of halogens is 1. The summed E-state index contributed by atoms with van der Waals surface area (Å²) >= 11 is 3.31. The van der Waals surface area contributed by atoms with Crippen LogP contribution in [0.3, 0.4) is 0 Å². The lowest BCUT2D eigenvalue weighted by Gasteiger charge is -2.29. The van der Waals surface area contributed by atoms with E-state index < -0.39 is 5.60 Å². The van der Waals surface area contributed by atoms with Gasteiger partial charge in [0.25, 0.3) is 0 Å². The Morgan fingerprint density at radius 1 is 1.64 bits per heavy atom. The van der Waals surface area contributed by atoms with E-state index >= 15 is 0 Å². The summed E-state index contributed by atoms with van der Waals surface area (Å²) in [7, 11) is 0. The first kappa shape index (κ1) is 8.81. The number of hydrogen-bond acceptors (Lipinski definition) is 2. The van der Waals surface area contributed by atoms with Crippen LogP contribution < -0.4 is 5.32 Å². The quantitative estimate of drug-likeness (QED) is 0.654. The van der Waals surface area contributed by atoms with Gasteiger partial charge in [0.15, 0.2) is 0 Å². The van der Waals surface area contributed by atoms with E-state index in [9.17, 15) is 5.11 Å². The monoisotopic (exact) mass is 217 g/mol. The van der Waals surface area contributed by atoms with Crippen LogP contribution in [0.25, 0.3) is 0 Å². The summed E-state index contributed by atoms with van der Waals surface area (Å²) in [6, 6.07) is -0.0122. The van der Waals surface area contributed by atoms with Crippen molar-refractivity contribution in [3.05, 3.63) is 22.8 Å². The van der Waals surface area contributed by atoms with Gasteiger partial charge < -0.3 is 10.4 Å². The molecule has 1 atom stereocenters. The molecule has 3 heteroatoms. The van der Waals surface area contributed by atoms with Crippen molar-refractivity contribution in [1.29, 1.82) is 0 Å². The minimum atomic E-state index is -0.718. The van der Waals surface area contributed by atoms with Crippen LogP contribution in [0.1, 0.15) is 13.8 Å². The molecular weight excluding hydrogens is 206 g/mol. The highest BCUT2D eigenvalue weighted by Gasteiger charge is 2.25. The molecule has 11 heavy (non-hydrogen) atoms. The summed E-state index contributed by atoms with van der Waals surface area (Å²) in [6.07, 6.45) is 5.76. The van der Waals surface area contributed by atoms with Crippen LogP contribution in [0.2, 0.25) is 0 Å². The summed E-state index contributed by atoms with van der Waals surface area (Å²) in [5, 5.41) is 12.7. The normalized spacial score (nSPS) is 24.4. The van der Waals surface area contributed by atoms with Crippen LogP contribution in [0, 0.1) is 0 Å². The van der Waals surface area contributed by atoms with Crippen molar-refractivity contribution in [3.63, 3.8) is 0 Å². The van der Waals surface area contributed by atoms with E-state index in [1.165, 1.54) is 0 Å². The molecule has 0 radical (unpaired) electrons. The van der Waals surface area contributed by atoms with E-state index in [0.29, 0.717) is 0 Å². The van der Waals surface area contributed by atoms with E-state index in [0.717, 1.165) is 4.61 Å². The molecule has 0 spiro atoms. The Balaban J connectivity index is 2.67. The third kappa shape index (κ3) is 2.34. The molecule has 1 unspecified atom stereocenters. The Morgan fingerprint density at radius 2 is 2.27 bits per heavy atom. The zero-order valence-corrected chi connectivity index (χ0v) is 8.22. The number of hydrogen-bond donors (Lipinski definition) is 2. The van der Waals surface area contributed by atoms with Gasteiger partial charge in [0.2, 0.25) is 0 Å². The fourth-order valence-corrected chi connectivity index (χ4v) is 1.31. The summed E-state index contributed by atoms with van der Waals surface area (Å²) in [5.41, 5.74) is -0.718. The van der Waals surface area contributed by atoms with Gasteiger partial charge in [0, 0.05) is 0 Å². The predicted octanol–water partition coefficient (Wildman–Crippen LogP) is 1.52. The lowest BCUT2D eigenvalue weighted by molar-refractivity contribution is 0.0582. The molecule has 1 aliphatic rings. The van der Waals surface area contributed by atoms with E-state index in [2.05, 4.69) is 21.2 Å². The van der Waals surface area contributed by atoms with Gasteiger partial charge >= 0.3 is 0 Å². The molecular formula is C8H12BrNO. The molecule has 1 aliphatic heterocycles. The Bertz CT molecular complexity index is 203. The van der Waals surface area contributed by atoms with Gasteiger partial charge in [-0.25, -0.2) is 0 Å². The highest BCUT2D eigenvalue weighted by molar-refractivity contribution is 9.11. The third-order valence-corrected chi connectivity index (χ3v) is 2.09. The average Bonchev–Trinajstić information content (AvgIpc) is 1.86. The summed E-state index contributed by atoms with van der Waals surface area (Å²) in [4.78, 5) is 0. The molecule has 0 aromatic carbocycles. The summed E-state index contributed by atoms with van der Waals surface area (Å²) in [6.45, 7) is 3.56. The van der Waals surface area contributed by atoms with E-state index in [4.69, 9.17) is 0 Å². The van der Waals surface area contributed by atoms with Crippen molar-refractivity contribution < 1.29 is 5.11 Å². The van der Waals surface area contributed by atoms with Gasteiger partial charge in [0.05, 0.1) is 16.2 Å². The predicted molar refractivity (Wildman–Crippen MR) is 49.4 cm³/mol. The molecule has 2 nitrogen and oxygen atoms in total. The molecule has 0 bridgehead atoms. The summed E-state index contributed by atoms with van der Waals surface area (Å²) in [5.74, 6) is 0. The molecule has 2 N–H and O–H groups in total. The lowest BCUT2D eigenvalue weighted by atomic mass is 9.98. The fourth-order valence-electron chi connectivity index (χ4n) is 0.908. The van der Waals surface area contributed by atoms with Gasteiger partial charge in [-0.3, -0.25) is 0 Å². The van der Waals surface area contributed by atoms with Crippen molar-refractivity contribution in [2.75, 3.05) is 0 Å². The minimum Gasteiger partial charge on any atom is -0.388 e. The highest BCUT2D eigenvalue weighted by atomic mass is 79.9. The van der Waals surface area contributed by atoms with Crippen molar-refractivity contribution in [1.82, 2.24) is 5.32 Å². The van der Waals surface area contributed by atoms with Crippen LogP contribution in [0.5, 0.6) is 0 Å². The smallest absolute Gasteiger partial charge is 0.0828 e. The SMILES string of the molecule is CC(C)(O)C1C=CC=C(Br)N1. The first-order valence-corrected chi connectivity index (χ1v) is 4.32. The topological polar surface area (TPSA) is 32.3 Å². The molecule has 1 heterocycles. The van der Waals surface area contributed by atoms with Gasteiger partial charge in [-0.1, -0.05) is 12.2 Å². The van der Waals surface area contributed by atoms with Gasteiger partial charge in [-0.15, -0.1) is 0 Å². The van der Waals surface area contributed by atoms with Crippen molar-refractivity contribution in [2.24, 2.45) is 0 Å². The fraction of sp³-hybridized carbons (Fsp3) is 0.500. The zero-order valence-electron chi connectivity index (χ0n) is 6.63. The highest BCUT2D eigenvalue weighted by Crippen LogP contribution is 2.16. The Labute approximate surface area is 75.1 Å². The molecule has 0 aromatic rings. The largest absolute Gasteiger partial charge is 0.388 e. The first-order valence-electron chi connectivity index (χ1n) is 3.53. The van der Waals surface area contributed by atoms with Crippen LogP contribution >= 0.6 is 15.9 Å². The van der Waals surface area contributed by atoms with Crippen molar-refractivity contribution >= 4 is 15.9 Å². The second kappa shape index (κ2) is 2.99. The second-order valence-electron chi connectivity index (χ2n) is 3.18. The van der Waals surface area contributed by atoms with E-state index in [1.54, 1.807) is 13.8 Å². The van der Waals surface area contributed by atoms with Crippen LogP contribution in [0.4, 0.5) is 0 Å². The van der Waals surface area contributed by atoms with E-state index in [1.807, 2.05) is 18.2 Å². The molecule has 0 aromatic heterocycles. The van der Waals surface area contributed by atoms with Crippen LogP contribution in [0.15, 0.2) is 22.8 Å². The van der Waals surface area contributed by atoms with Gasteiger partial charge in [0.1, 0.15) is 0 Å². The number of aliphatic hydroxyl groups is 1. The Kier molecular flexibility index (Phi) is 2.40. The zero-order chi connectivity index (χ0) is 8.48. The van der Waals surface area contributed by atoms with Crippen LogP contribution in [-0.4, -0.2) is 16.7 Å². The summed E-state index contributed by atoms with van der Waals surface area (Å²) < 4.78 is 0.909. The van der Waals surface area contributed by atoms with Crippen LogP contribution in [-0.2, 0) is 0 Å². The molecule has 0 amide bonds. The molecule has 1 rings (SSSR count). The first-order chi connectivity index (χ1) is 5.00. The maximum Gasteiger partial charge on any atom is 0.0828 e. The maximum atomic E-state index is 9.60. The number of allylic oxidation sites excluding steroid dienone is 2.